The Morgan fingerprint density at radius 3 is 2.30 bits per heavy atom. The van der Waals surface area contributed by atoms with Crippen molar-refractivity contribution >= 4 is 15.9 Å². The van der Waals surface area contributed by atoms with E-state index < -0.39 is 12.4 Å². The normalized spacial score (nSPS) is 13.1. The molecule has 0 bridgehead atoms. The van der Waals surface area contributed by atoms with Gasteiger partial charge < -0.3 is 10.5 Å². The van der Waals surface area contributed by atoms with Crippen LogP contribution in [0.1, 0.15) is 17.2 Å². The van der Waals surface area contributed by atoms with Crippen LogP contribution in [0.25, 0.3) is 0 Å². The quantitative estimate of drug-likeness (QED) is 0.860. The maximum Gasteiger partial charge on any atom is 0.573 e. The average Bonchev–Trinajstić information content (AvgIpc) is 2.37. The third-order valence-electron chi connectivity index (χ3n) is 2.58. The molecule has 0 amide bonds. The summed E-state index contributed by atoms with van der Waals surface area (Å²) < 4.78 is 40.6. The Bertz CT molecular complexity index is 587. The molecule has 1 aromatic carbocycles. The Morgan fingerprint density at radius 1 is 1.10 bits per heavy atom. The molecule has 2 N–H and O–H groups in total. The van der Waals surface area contributed by atoms with Gasteiger partial charge >= 0.3 is 6.36 Å². The highest BCUT2D eigenvalue weighted by Crippen LogP contribution is 2.26. The van der Waals surface area contributed by atoms with E-state index in [0.717, 1.165) is 5.56 Å². The van der Waals surface area contributed by atoms with Crippen LogP contribution in [0.3, 0.4) is 0 Å². The molecular formula is C13H10BrF3N2O. The summed E-state index contributed by atoms with van der Waals surface area (Å²) >= 11 is 3.24. The summed E-state index contributed by atoms with van der Waals surface area (Å²) in [6.45, 7) is 0. The van der Waals surface area contributed by atoms with Crippen LogP contribution in [0.5, 0.6) is 5.75 Å². The molecule has 0 saturated heterocycles. The minimum Gasteiger partial charge on any atom is -0.406 e. The van der Waals surface area contributed by atoms with Gasteiger partial charge in [-0.3, -0.25) is 0 Å². The second-order valence-corrected chi connectivity index (χ2v) is 4.82. The molecule has 3 nitrogen and oxygen atoms in total. The number of aromatic nitrogens is 1. The van der Waals surface area contributed by atoms with Gasteiger partial charge in [0.25, 0.3) is 0 Å². The summed E-state index contributed by atoms with van der Waals surface area (Å²) in [5, 5.41) is 0. The number of rotatable bonds is 3. The van der Waals surface area contributed by atoms with Gasteiger partial charge in [-0.15, -0.1) is 13.2 Å². The highest BCUT2D eigenvalue weighted by molar-refractivity contribution is 9.10. The number of benzene rings is 1. The third-order valence-corrected chi connectivity index (χ3v) is 3.02. The van der Waals surface area contributed by atoms with E-state index in [4.69, 9.17) is 5.73 Å². The number of pyridine rings is 1. The van der Waals surface area contributed by atoms with Crippen molar-refractivity contribution < 1.29 is 17.9 Å². The molecule has 2 rings (SSSR count). The number of ether oxygens (including phenoxy) is 1. The van der Waals surface area contributed by atoms with E-state index in [0.29, 0.717) is 10.2 Å². The minimum absolute atomic E-state index is 0.274. The van der Waals surface area contributed by atoms with Gasteiger partial charge in [0, 0.05) is 6.20 Å². The second kappa shape index (κ2) is 5.80. The first-order valence-corrected chi connectivity index (χ1v) is 6.37. The van der Waals surface area contributed by atoms with Crippen molar-refractivity contribution in [3.05, 3.63) is 58.3 Å². The predicted octanol–water partition coefficient (Wildman–Crippen LogP) is 3.79. The van der Waals surface area contributed by atoms with Crippen LogP contribution in [-0.2, 0) is 0 Å². The Labute approximate surface area is 121 Å². The number of nitrogens with zero attached hydrogens (tertiary/aromatic N) is 1. The highest BCUT2D eigenvalue weighted by atomic mass is 79.9. The fourth-order valence-corrected chi connectivity index (χ4v) is 2.06. The number of hydrogen-bond acceptors (Lipinski definition) is 3. The van der Waals surface area contributed by atoms with Gasteiger partial charge in [0.05, 0.1) is 6.04 Å². The van der Waals surface area contributed by atoms with Crippen LogP contribution >= 0.6 is 15.9 Å². The van der Waals surface area contributed by atoms with Gasteiger partial charge in [-0.25, -0.2) is 4.98 Å². The van der Waals surface area contributed by atoms with E-state index in [1.54, 1.807) is 18.3 Å². The molecule has 106 valence electrons. The van der Waals surface area contributed by atoms with Crippen molar-refractivity contribution in [2.75, 3.05) is 0 Å². The van der Waals surface area contributed by atoms with E-state index in [1.165, 1.54) is 24.3 Å². The lowest BCUT2D eigenvalue weighted by atomic mass is 10.0. The maximum absolute atomic E-state index is 12.1. The number of alkyl halides is 3. The SMILES string of the molecule is N[C@H](c1ccc(OC(F)(F)F)cc1)c1ccnc(Br)c1. The fourth-order valence-electron chi connectivity index (χ4n) is 1.68. The van der Waals surface area contributed by atoms with Gasteiger partial charge in [-0.2, -0.15) is 0 Å². The fraction of sp³-hybridized carbons (Fsp3) is 0.154. The number of nitrogens with two attached hydrogens (primary N) is 1. The molecule has 2 aromatic rings. The van der Waals surface area contributed by atoms with Crippen molar-refractivity contribution in [2.45, 2.75) is 12.4 Å². The first-order chi connectivity index (χ1) is 9.35. The lowest BCUT2D eigenvalue weighted by molar-refractivity contribution is -0.274. The standard InChI is InChI=1S/C13H10BrF3N2O/c14-11-7-9(5-6-19-11)12(18)8-1-3-10(4-2-8)20-13(15,16)17/h1-7,12H,18H2/t12-/m1/s1. The predicted molar refractivity (Wildman–Crippen MR) is 71.1 cm³/mol. The summed E-state index contributed by atoms with van der Waals surface area (Å²) in [7, 11) is 0. The van der Waals surface area contributed by atoms with Crippen molar-refractivity contribution in [3.8, 4) is 5.75 Å². The zero-order valence-electron chi connectivity index (χ0n) is 10.1. The topological polar surface area (TPSA) is 48.1 Å². The van der Waals surface area contributed by atoms with Crippen molar-refractivity contribution in [2.24, 2.45) is 5.73 Å². The summed E-state index contributed by atoms with van der Waals surface area (Å²) in [6, 6.07) is 8.52. The zero-order chi connectivity index (χ0) is 14.8. The minimum atomic E-state index is -4.69. The molecule has 1 aromatic heterocycles. The van der Waals surface area contributed by atoms with Crippen molar-refractivity contribution in [1.82, 2.24) is 4.98 Å². The molecule has 1 heterocycles. The molecule has 0 aliphatic heterocycles. The molecule has 20 heavy (non-hydrogen) atoms. The number of halogens is 4. The molecule has 0 fully saturated rings. The van der Waals surface area contributed by atoms with E-state index >= 15 is 0 Å². The summed E-state index contributed by atoms with van der Waals surface area (Å²) in [6.07, 6.45) is -3.10. The first-order valence-electron chi connectivity index (χ1n) is 5.58. The van der Waals surface area contributed by atoms with Crippen molar-refractivity contribution in [3.63, 3.8) is 0 Å². The Kier molecular flexibility index (Phi) is 4.29. The van der Waals surface area contributed by atoms with Gasteiger partial charge in [0.15, 0.2) is 0 Å². The first kappa shape index (κ1) is 14.8. The molecule has 0 aliphatic carbocycles. The molecule has 0 radical (unpaired) electrons. The molecule has 0 saturated carbocycles. The number of hydrogen-bond donors (Lipinski definition) is 1. The molecule has 0 spiro atoms. The molecule has 7 heteroatoms. The van der Waals surface area contributed by atoms with Gasteiger partial charge in [-0.1, -0.05) is 12.1 Å². The van der Waals surface area contributed by atoms with Crippen LogP contribution in [0, 0.1) is 0 Å². The highest BCUT2D eigenvalue weighted by Gasteiger charge is 2.31. The lowest BCUT2D eigenvalue weighted by Crippen LogP contribution is -2.17. The second-order valence-electron chi connectivity index (χ2n) is 4.01. The van der Waals surface area contributed by atoms with Crippen molar-refractivity contribution in [1.29, 1.82) is 0 Å². The van der Waals surface area contributed by atoms with E-state index in [-0.39, 0.29) is 5.75 Å². The Morgan fingerprint density at radius 2 is 1.75 bits per heavy atom. The smallest absolute Gasteiger partial charge is 0.406 e. The maximum atomic E-state index is 12.1. The van der Waals surface area contributed by atoms with Crippen LogP contribution in [0.15, 0.2) is 47.2 Å². The van der Waals surface area contributed by atoms with Crippen LogP contribution < -0.4 is 10.5 Å². The lowest BCUT2D eigenvalue weighted by Gasteiger charge is -2.14. The van der Waals surface area contributed by atoms with E-state index in [9.17, 15) is 13.2 Å². The zero-order valence-corrected chi connectivity index (χ0v) is 11.6. The average molecular weight is 347 g/mol. The summed E-state index contributed by atoms with van der Waals surface area (Å²) in [5.74, 6) is -0.274. The van der Waals surface area contributed by atoms with Crippen LogP contribution in [0.2, 0.25) is 0 Å². The summed E-state index contributed by atoms with van der Waals surface area (Å²) in [5.41, 5.74) is 7.53. The van der Waals surface area contributed by atoms with Gasteiger partial charge in [0.1, 0.15) is 10.4 Å². The largest absolute Gasteiger partial charge is 0.573 e. The molecular weight excluding hydrogens is 337 g/mol. The third kappa shape index (κ3) is 3.94. The Hall–Kier alpha value is -1.60. The Balaban J connectivity index is 2.17. The molecule has 0 unspecified atom stereocenters. The molecule has 1 atom stereocenters. The van der Waals surface area contributed by atoms with Gasteiger partial charge in [-0.05, 0) is 51.3 Å². The van der Waals surface area contributed by atoms with Gasteiger partial charge in [0.2, 0.25) is 0 Å². The van der Waals surface area contributed by atoms with Crippen LogP contribution in [-0.4, -0.2) is 11.3 Å². The van der Waals surface area contributed by atoms with E-state index in [1.807, 2.05) is 0 Å². The monoisotopic (exact) mass is 346 g/mol. The molecule has 0 aliphatic rings. The van der Waals surface area contributed by atoms with E-state index in [2.05, 4.69) is 25.7 Å². The summed E-state index contributed by atoms with van der Waals surface area (Å²) in [4.78, 5) is 3.99. The van der Waals surface area contributed by atoms with Crippen LogP contribution in [0.4, 0.5) is 13.2 Å².